The van der Waals surface area contributed by atoms with E-state index in [1.807, 2.05) is 12.1 Å². The van der Waals surface area contributed by atoms with Crippen molar-refractivity contribution in [1.82, 2.24) is 5.43 Å². The number of benzene rings is 2. The first kappa shape index (κ1) is 27.0. The molecular weight excluding hydrogens is 432 g/mol. The zero-order valence-corrected chi connectivity index (χ0v) is 21.8. The average molecular weight is 471 g/mol. The Bertz CT molecular complexity index is 986. The van der Waals surface area contributed by atoms with E-state index in [1.165, 1.54) is 13.3 Å². The molecule has 1 amide bonds. The van der Waals surface area contributed by atoms with Gasteiger partial charge in [0.1, 0.15) is 5.75 Å². The third-order valence-electron chi connectivity index (χ3n) is 5.52. The summed E-state index contributed by atoms with van der Waals surface area (Å²) in [4.78, 5) is 12.4. The van der Waals surface area contributed by atoms with Crippen molar-refractivity contribution in [3.63, 3.8) is 0 Å². The van der Waals surface area contributed by atoms with Crippen LogP contribution in [0.15, 0.2) is 29.4 Å². The van der Waals surface area contributed by atoms with Crippen molar-refractivity contribution in [3.8, 4) is 23.0 Å². The van der Waals surface area contributed by atoms with Gasteiger partial charge in [-0.15, -0.1) is 0 Å². The maximum Gasteiger partial charge on any atom is 0.240 e. The molecule has 186 valence electrons. The van der Waals surface area contributed by atoms with Crippen molar-refractivity contribution >= 4 is 12.1 Å². The molecule has 7 heteroatoms. The summed E-state index contributed by atoms with van der Waals surface area (Å²) in [6, 6.07) is 7.49. The number of methoxy groups -OCH3 is 3. The van der Waals surface area contributed by atoms with Gasteiger partial charge in [0.15, 0.2) is 11.5 Å². The quantitative estimate of drug-likeness (QED) is 0.414. The molecule has 2 aromatic carbocycles. The van der Waals surface area contributed by atoms with Gasteiger partial charge in [-0.05, 0) is 46.1 Å². The minimum absolute atomic E-state index is 0.202. The normalized spacial score (nSPS) is 12.0. The average Bonchev–Trinajstić information content (AvgIpc) is 2.75. The van der Waals surface area contributed by atoms with E-state index in [0.29, 0.717) is 35.0 Å². The number of nitrogens with zero attached hydrogens (tertiary/aromatic N) is 1. The highest BCUT2D eigenvalue weighted by atomic mass is 16.5. The fourth-order valence-electron chi connectivity index (χ4n) is 3.65. The Morgan fingerprint density at radius 3 is 1.82 bits per heavy atom. The van der Waals surface area contributed by atoms with Gasteiger partial charge in [-0.2, -0.15) is 5.10 Å². The molecule has 34 heavy (non-hydrogen) atoms. The van der Waals surface area contributed by atoms with Gasteiger partial charge < -0.3 is 19.3 Å². The van der Waals surface area contributed by atoms with Crippen LogP contribution in [0, 0.1) is 0 Å². The van der Waals surface area contributed by atoms with Crippen LogP contribution >= 0.6 is 0 Å². The Balaban J connectivity index is 2.13. The van der Waals surface area contributed by atoms with E-state index in [2.05, 4.69) is 52.1 Å². The second-order valence-corrected chi connectivity index (χ2v) is 10.3. The number of aromatic hydroxyl groups is 1. The Labute approximate surface area is 203 Å². The smallest absolute Gasteiger partial charge is 0.240 e. The van der Waals surface area contributed by atoms with E-state index >= 15 is 0 Å². The Morgan fingerprint density at radius 1 is 0.912 bits per heavy atom. The Morgan fingerprint density at radius 2 is 1.41 bits per heavy atom. The van der Waals surface area contributed by atoms with Crippen molar-refractivity contribution < 1.29 is 24.1 Å². The van der Waals surface area contributed by atoms with Gasteiger partial charge in [0, 0.05) is 12.0 Å². The second kappa shape index (κ2) is 10.8. The van der Waals surface area contributed by atoms with E-state index in [4.69, 9.17) is 14.2 Å². The molecule has 0 atom stereocenters. The lowest BCUT2D eigenvalue weighted by molar-refractivity contribution is -0.121. The maximum atomic E-state index is 12.4. The molecular formula is C27H38N2O5. The first-order valence-electron chi connectivity index (χ1n) is 11.3. The molecule has 0 saturated carbocycles. The van der Waals surface area contributed by atoms with Gasteiger partial charge in [-0.25, -0.2) is 5.43 Å². The number of carbonyl (C=O) groups is 1. The molecule has 0 saturated heterocycles. The maximum absolute atomic E-state index is 12.4. The largest absolute Gasteiger partial charge is 0.507 e. The third kappa shape index (κ3) is 6.65. The molecule has 0 aliphatic heterocycles. The zero-order valence-electron chi connectivity index (χ0n) is 21.8. The topological polar surface area (TPSA) is 89.4 Å². The summed E-state index contributed by atoms with van der Waals surface area (Å²) in [6.45, 7) is 12.4. The number of amides is 1. The lowest BCUT2D eigenvalue weighted by atomic mass is 9.78. The zero-order chi connectivity index (χ0) is 25.7. The van der Waals surface area contributed by atoms with Crippen molar-refractivity contribution in [2.24, 2.45) is 5.10 Å². The van der Waals surface area contributed by atoms with Crippen LogP contribution in [-0.4, -0.2) is 38.6 Å². The second-order valence-electron chi connectivity index (χ2n) is 10.3. The number of hydrogen-bond acceptors (Lipinski definition) is 6. The molecule has 0 heterocycles. The number of ether oxygens (including phenoxy) is 3. The molecule has 0 fully saturated rings. The van der Waals surface area contributed by atoms with Crippen LogP contribution < -0.4 is 19.6 Å². The molecule has 0 bridgehead atoms. The van der Waals surface area contributed by atoms with Crippen LogP contribution in [0.5, 0.6) is 23.0 Å². The van der Waals surface area contributed by atoms with E-state index < -0.39 is 0 Å². The molecule has 2 N–H and O–H groups in total. The van der Waals surface area contributed by atoms with E-state index in [0.717, 1.165) is 16.7 Å². The number of phenolic OH excluding ortho intramolecular Hbond substituents is 1. The first-order valence-corrected chi connectivity index (χ1v) is 11.3. The fourth-order valence-corrected chi connectivity index (χ4v) is 3.65. The monoisotopic (exact) mass is 470 g/mol. The summed E-state index contributed by atoms with van der Waals surface area (Å²) in [5.41, 5.74) is 5.62. The number of carbonyl (C=O) groups excluding carboxylic acids is 1. The molecule has 0 spiro atoms. The molecule has 0 aliphatic rings. The van der Waals surface area contributed by atoms with Crippen LogP contribution in [0.1, 0.15) is 70.2 Å². The van der Waals surface area contributed by atoms with Crippen LogP contribution in [0.4, 0.5) is 0 Å². The first-order chi connectivity index (χ1) is 15.8. The van der Waals surface area contributed by atoms with Crippen LogP contribution in [-0.2, 0) is 22.0 Å². The molecule has 2 rings (SSSR count). The summed E-state index contributed by atoms with van der Waals surface area (Å²) < 4.78 is 16.0. The summed E-state index contributed by atoms with van der Waals surface area (Å²) in [5.74, 6) is 1.64. The number of rotatable bonds is 8. The van der Waals surface area contributed by atoms with E-state index in [9.17, 15) is 9.90 Å². The number of hydrogen-bond donors (Lipinski definition) is 2. The number of phenols is 1. The predicted molar refractivity (Wildman–Crippen MR) is 136 cm³/mol. The molecule has 0 aromatic heterocycles. The summed E-state index contributed by atoms with van der Waals surface area (Å²) in [5, 5.41) is 14.9. The van der Waals surface area contributed by atoms with Crippen molar-refractivity contribution in [2.75, 3.05) is 21.3 Å². The summed E-state index contributed by atoms with van der Waals surface area (Å²) >= 11 is 0. The van der Waals surface area contributed by atoms with Crippen LogP contribution in [0.3, 0.4) is 0 Å². The number of hydrazone groups is 1. The van der Waals surface area contributed by atoms with Gasteiger partial charge in [-0.3, -0.25) is 4.79 Å². The van der Waals surface area contributed by atoms with Gasteiger partial charge in [0.05, 0.1) is 27.5 Å². The predicted octanol–water partition coefficient (Wildman–Crippen LogP) is 5.10. The van der Waals surface area contributed by atoms with Crippen LogP contribution in [0.25, 0.3) is 0 Å². The molecule has 7 nitrogen and oxygen atoms in total. The third-order valence-corrected chi connectivity index (χ3v) is 5.52. The van der Waals surface area contributed by atoms with Crippen LogP contribution in [0.2, 0.25) is 0 Å². The van der Waals surface area contributed by atoms with Crippen molar-refractivity contribution in [2.45, 2.75) is 65.2 Å². The fraction of sp³-hybridized carbons (Fsp3) is 0.481. The van der Waals surface area contributed by atoms with Gasteiger partial charge in [0.25, 0.3) is 0 Å². The molecule has 0 aliphatic carbocycles. The van der Waals surface area contributed by atoms with Crippen molar-refractivity contribution in [3.05, 3.63) is 46.5 Å². The number of nitrogens with one attached hydrogen (secondary N) is 1. The van der Waals surface area contributed by atoms with Gasteiger partial charge in [-0.1, -0.05) is 53.7 Å². The molecule has 0 unspecified atom stereocenters. The highest BCUT2D eigenvalue weighted by Crippen LogP contribution is 2.40. The molecule has 2 aromatic rings. The SMILES string of the molecule is COc1cc(/C=N\NC(=O)CCc2cc(C(C)(C)C)c(O)c(C(C)(C)C)c2)cc(OC)c1OC. The standard InChI is InChI=1S/C27H38N2O5/c1-26(2,3)19-12-17(13-20(24(19)31)27(4,5)6)10-11-23(30)29-28-16-18-14-21(32-7)25(34-9)22(15-18)33-8/h12-16,31H,10-11H2,1-9H3,(H,29,30)/b28-16-. The van der Waals surface area contributed by atoms with Gasteiger partial charge >= 0.3 is 0 Å². The Kier molecular flexibility index (Phi) is 8.59. The lowest BCUT2D eigenvalue weighted by Crippen LogP contribution is -2.20. The highest BCUT2D eigenvalue weighted by Gasteiger charge is 2.26. The lowest BCUT2D eigenvalue weighted by Gasteiger charge is -2.28. The van der Waals surface area contributed by atoms with E-state index in [1.54, 1.807) is 26.4 Å². The Hall–Kier alpha value is -3.22. The number of aryl methyl sites for hydroxylation is 1. The summed E-state index contributed by atoms with van der Waals surface area (Å²) in [6.07, 6.45) is 2.33. The minimum atomic E-state index is -0.215. The van der Waals surface area contributed by atoms with Crippen molar-refractivity contribution in [1.29, 1.82) is 0 Å². The highest BCUT2D eigenvalue weighted by molar-refractivity contribution is 5.84. The minimum Gasteiger partial charge on any atom is -0.507 e. The molecule has 0 radical (unpaired) electrons. The van der Waals surface area contributed by atoms with E-state index in [-0.39, 0.29) is 23.2 Å². The summed E-state index contributed by atoms with van der Waals surface area (Å²) in [7, 11) is 4.62. The van der Waals surface area contributed by atoms with Gasteiger partial charge in [0.2, 0.25) is 11.7 Å².